The first-order valence-corrected chi connectivity index (χ1v) is 6.76. The molecule has 0 radical (unpaired) electrons. The molecule has 0 rings (SSSR count). The SMILES string of the molecule is CC[C@H](N)C(=O)N(C)CC(O)COCCOC(C)C.Cl. The van der Waals surface area contributed by atoms with Gasteiger partial charge in [-0.05, 0) is 20.3 Å². The molecule has 0 aliphatic rings. The van der Waals surface area contributed by atoms with Crippen LogP contribution in [0.4, 0.5) is 0 Å². The summed E-state index contributed by atoms with van der Waals surface area (Å²) < 4.78 is 10.6. The molecule has 1 unspecified atom stereocenters. The second kappa shape index (κ2) is 12.3. The van der Waals surface area contributed by atoms with Gasteiger partial charge in [0.1, 0.15) is 0 Å². The second-order valence-corrected chi connectivity index (χ2v) is 4.88. The first-order chi connectivity index (χ1) is 8.88. The highest BCUT2D eigenvalue weighted by Gasteiger charge is 2.18. The van der Waals surface area contributed by atoms with E-state index in [2.05, 4.69) is 0 Å². The molecule has 0 fully saturated rings. The molecule has 0 aliphatic heterocycles. The summed E-state index contributed by atoms with van der Waals surface area (Å²) in [6.07, 6.45) is 0.0485. The molecular weight excluding hydrogens is 284 g/mol. The number of carbonyl (C=O) groups is 1. The number of nitrogens with zero attached hydrogens (tertiary/aromatic N) is 1. The maximum Gasteiger partial charge on any atom is 0.239 e. The Kier molecular flexibility index (Phi) is 13.5. The molecule has 0 aromatic rings. The van der Waals surface area contributed by atoms with E-state index in [1.807, 2.05) is 20.8 Å². The lowest BCUT2D eigenvalue weighted by Gasteiger charge is -2.23. The molecular formula is C13H29ClN2O4. The van der Waals surface area contributed by atoms with Crippen molar-refractivity contribution in [2.45, 2.75) is 45.4 Å². The third kappa shape index (κ3) is 10.4. The lowest BCUT2D eigenvalue weighted by Crippen LogP contribution is -2.45. The molecule has 0 bridgehead atoms. The predicted molar refractivity (Wildman–Crippen MR) is 81.1 cm³/mol. The number of amides is 1. The maximum absolute atomic E-state index is 11.7. The van der Waals surface area contributed by atoms with Crippen LogP contribution in [0.25, 0.3) is 0 Å². The Balaban J connectivity index is 0. The van der Waals surface area contributed by atoms with Crippen molar-refractivity contribution in [1.82, 2.24) is 4.90 Å². The van der Waals surface area contributed by atoms with E-state index in [9.17, 15) is 9.90 Å². The molecule has 0 aromatic heterocycles. The quantitative estimate of drug-likeness (QED) is 0.571. The number of hydrogen-bond acceptors (Lipinski definition) is 5. The molecule has 0 saturated heterocycles. The average molecular weight is 313 g/mol. The van der Waals surface area contributed by atoms with E-state index in [0.29, 0.717) is 19.6 Å². The van der Waals surface area contributed by atoms with Gasteiger partial charge in [-0.25, -0.2) is 0 Å². The van der Waals surface area contributed by atoms with E-state index in [0.717, 1.165) is 0 Å². The van der Waals surface area contributed by atoms with E-state index >= 15 is 0 Å². The van der Waals surface area contributed by atoms with Crippen molar-refractivity contribution in [2.24, 2.45) is 5.73 Å². The highest BCUT2D eigenvalue weighted by molar-refractivity contribution is 5.85. The summed E-state index contributed by atoms with van der Waals surface area (Å²) in [5.41, 5.74) is 5.64. The van der Waals surface area contributed by atoms with Crippen molar-refractivity contribution in [1.29, 1.82) is 0 Å². The van der Waals surface area contributed by atoms with Crippen molar-refractivity contribution in [3.8, 4) is 0 Å². The third-order valence-electron chi connectivity index (χ3n) is 2.61. The first kappa shape index (κ1) is 21.9. The zero-order valence-electron chi connectivity index (χ0n) is 12.9. The molecule has 0 saturated carbocycles. The normalized spacial score (nSPS) is 13.8. The van der Waals surface area contributed by atoms with Crippen LogP contribution in [-0.4, -0.2) is 67.6 Å². The van der Waals surface area contributed by atoms with Gasteiger partial charge in [0, 0.05) is 13.6 Å². The molecule has 0 aromatic carbocycles. The Morgan fingerprint density at radius 3 is 2.45 bits per heavy atom. The summed E-state index contributed by atoms with van der Waals surface area (Å²) in [5, 5.41) is 9.73. The molecule has 7 heteroatoms. The second-order valence-electron chi connectivity index (χ2n) is 4.88. The molecule has 20 heavy (non-hydrogen) atoms. The lowest BCUT2D eigenvalue weighted by atomic mass is 10.2. The molecule has 0 aliphatic carbocycles. The zero-order chi connectivity index (χ0) is 14.8. The van der Waals surface area contributed by atoms with Crippen molar-refractivity contribution in [3.63, 3.8) is 0 Å². The summed E-state index contributed by atoms with van der Waals surface area (Å²) in [5.74, 6) is -0.162. The number of hydrogen-bond donors (Lipinski definition) is 2. The smallest absolute Gasteiger partial charge is 0.239 e. The summed E-state index contributed by atoms with van der Waals surface area (Å²) in [4.78, 5) is 13.1. The van der Waals surface area contributed by atoms with Gasteiger partial charge in [-0.15, -0.1) is 12.4 Å². The first-order valence-electron chi connectivity index (χ1n) is 6.76. The van der Waals surface area contributed by atoms with Crippen LogP contribution in [0.3, 0.4) is 0 Å². The zero-order valence-corrected chi connectivity index (χ0v) is 13.7. The molecule has 3 N–H and O–H groups in total. The standard InChI is InChI=1S/C13H28N2O4.ClH/c1-5-12(14)13(17)15(4)8-11(16)9-18-6-7-19-10(2)3;/h10-12,16H,5-9,14H2,1-4H3;1H/t11?,12-;/m0./s1. The highest BCUT2D eigenvalue weighted by atomic mass is 35.5. The molecule has 2 atom stereocenters. The minimum absolute atomic E-state index is 0. The van der Waals surface area contributed by atoms with Crippen LogP contribution in [-0.2, 0) is 14.3 Å². The fourth-order valence-electron chi connectivity index (χ4n) is 1.48. The predicted octanol–water partition coefficient (Wildman–Crippen LogP) is 0.406. The maximum atomic E-state index is 11.7. The number of likely N-dealkylation sites (N-methyl/N-ethyl adjacent to an activating group) is 1. The van der Waals surface area contributed by atoms with E-state index in [4.69, 9.17) is 15.2 Å². The van der Waals surface area contributed by atoms with Crippen molar-refractivity contribution in [2.75, 3.05) is 33.4 Å². The van der Waals surface area contributed by atoms with Crippen molar-refractivity contribution in [3.05, 3.63) is 0 Å². The highest BCUT2D eigenvalue weighted by Crippen LogP contribution is 1.97. The van der Waals surface area contributed by atoms with Crippen LogP contribution in [0.15, 0.2) is 0 Å². The van der Waals surface area contributed by atoms with Gasteiger partial charge in [-0.2, -0.15) is 0 Å². The van der Waals surface area contributed by atoms with Crippen LogP contribution in [0.5, 0.6) is 0 Å². The fraction of sp³-hybridized carbons (Fsp3) is 0.923. The Hall–Kier alpha value is -0.400. The number of ether oxygens (including phenoxy) is 2. The largest absolute Gasteiger partial charge is 0.389 e. The van der Waals surface area contributed by atoms with Gasteiger partial charge in [0.15, 0.2) is 0 Å². The van der Waals surface area contributed by atoms with Gasteiger partial charge >= 0.3 is 0 Å². The summed E-state index contributed by atoms with van der Waals surface area (Å²) >= 11 is 0. The fourth-order valence-corrected chi connectivity index (χ4v) is 1.48. The van der Waals surface area contributed by atoms with Crippen LogP contribution in [0, 0.1) is 0 Å². The molecule has 1 amide bonds. The number of rotatable bonds is 10. The van der Waals surface area contributed by atoms with Crippen LogP contribution >= 0.6 is 12.4 Å². The van der Waals surface area contributed by atoms with Gasteiger partial charge in [0.2, 0.25) is 5.91 Å². The van der Waals surface area contributed by atoms with Crippen LogP contribution in [0.1, 0.15) is 27.2 Å². The summed E-state index contributed by atoms with van der Waals surface area (Å²) in [6, 6.07) is -0.502. The summed E-state index contributed by atoms with van der Waals surface area (Å²) in [6.45, 7) is 7.09. The number of aliphatic hydroxyl groups is 1. The Labute approximate surface area is 128 Å². The molecule has 6 nitrogen and oxygen atoms in total. The van der Waals surface area contributed by atoms with Gasteiger partial charge in [0.05, 0.1) is 38.1 Å². The minimum Gasteiger partial charge on any atom is -0.389 e. The van der Waals surface area contributed by atoms with Gasteiger partial charge < -0.3 is 25.2 Å². The van der Waals surface area contributed by atoms with Gasteiger partial charge in [0.25, 0.3) is 0 Å². The van der Waals surface area contributed by atoms with Crippen molar-refractivity contribution >= 4 is 18.3 Å². The third-order valence-corrected chi connectivity index (χ3v) is 2.61. The summed E-state index contributed by atoms with van der Waals surface area (Å²) in [7, 11) is 1.63. The van der Waals surface area contributed by atoms with E-state index in [-0.39, 0.29) is 37.6 Å². The minimum atomic E-state index is -0.711. The topological polar surface area (TPSA) is 85.0 Å². The van der Waals surface area contributed by atoms with Crippen LogP contribution < -0.4 is 5.73 Å². The number of halogens is 1. The Bertz CT molecular complexity index is 255. The molecule has 122 valence electrons. The number of carbonyl (C=O) groups excluding carboxylic acids is 1. The lowest BCUT2D eigenvalue weighted by molar-refractivity contribution is -0.133. The molecule has 0 spiro atoms. The Morgan fingerprint density at radius 1 is 1.35 bits per heavy atom. The van der Waals surface area contributed by atoms with E-state index in [1.165, 1.54) is 4.90 Å². The monoisotopic (exact) mass is 312 g/mol. The Morgan fingerprint density at radius 2 is 1.95 bits per heavy atom. The number of nitrogens with two attached hydrogens (primary N) is 1. The average Bonchev–Trinajstić information content (AvgIpc) is 2.35. The molecule has 0 heterocycles. The van der Waals surface area contributed by atoms with Gasteiger partial charge in [-0.3, -0.25) is 4.79 Å². The van der Waals surface area contributed by atoms with Crippen molar-refractivity contribution < 1.29 is 19.4 Å². The number of aliphatic hydroxyl groups excluding tert-OH is 1. The van der Waals surface area contributed by atoms with Crippen LogP contribution in [0.2, 0.25) is 0 Å². The van der Waals surface area contributed by atoms with Gasteiger partial charge in [-0.1, -0.05) is 6.92 Å². The van der Waals surface area contributed by atoms with E-state index in [1.54, 1.807) is 7.05 Å². The van der Waals surface area contributed by atoms with E-state index < -0.39 is 12.1 Å².